The summed E-state index contributed by atoms with van der Waals surface area (Å²) in [4.78, 5) is 12.0. The summed E-state index contributed by atoms with van der Waals surface area (Å²) < 4.78 is 52.4. The van der Waals surface area contributed by atoms with Crippen molar-refractivity contribution in [2.24, 2.45) is 0 Å². The number of hydrogen-bond acceptors (Lipinski definition) is 2. The molecule has 1 unspecified atom stereocenters. The summed E-state index contributed by atoms with van der Waals surface area (Å²) in [5.41, 5.74) is -0.177. The fourth-order valence-corrected chi connectivity index (χ4v) is 2.07. The lowest BCUT2D eigenvalue weighted by molar-refractivity contribution is 0.0916. The number of amides is 1. The summed E-state index contributed by atoms with van der Waals surface area (Å²) in [5, 5.41) is 11.3. The molecule has 0 radical (unpaired) electrons. The van der Waals surface area contributed by atoms with E-state index in [2.05, 4.69) is 5.32 Å². The Bertz CT molecular complexity index is 731. The van der Waals surface area contributed by atoms with Crippen molar-refractivity contribution in [3.8, 4) is 0 Å². The third-order valence-electron chi connectivity index (χ3n) is 3.08. The van der Waals surface area contributed by atoms with E-state index in [1.54, 1.807) is 0 Å². The molecule has 2 aromatic carbocycles. The monoisotopic (exact) mass is 347 g/mol. The molecule has 8 heteroatoms. The van der Waals surface area contributed by atoms with Crippen molar-refractivity contribution in [3.05, 3.63) is 69.8 Å². The van der Waals surface area contributed by atoms with Crippen LogP contribution in [0.25, 0.3) is 0 Å². The zero-order valence-electron chi connectivity index (χ0n) is 11.4. The highest BCUT2D eigenvalue weighted by atomic mass is 35.5. The quantitative estimate of drug-likeness (QED) is 0.658. The standard InChI is InChI=1S/C15H10ClF4NO2/c16-9-3-7(1-2-10(9)17)15(23)21-13(6-22)8-4-11(18)14(20)12(19)5-8/h1-5,13,22H,6H2,(H,21,23). The Balaban J connectivity index is 2.25. The Morgan fingerprint density at radius 2 is 1.70 bits per heavy atom. The van der Waals surface area contributed by atoms with Gasteiger partial charge < -0.3 is 10.4 Å². The largest absolute Gasteiger partial charge is 0.394 e. The van der Waals surface area contributed by atoms with Gasteiger partial charge in [-0.25, -0.2) is 17.6 Å². The van der Waals surface area contributed by atoms with Crippen LogP contribution in [-0.4, -0.2) is 17.6 Å². The first-order chi connectivity index (χ1) is 10.8. The van der Waals surface area contributed by atoms with Crippen LogP contribution in [0, 0.1) is 23.3 Å². The number of rotatable bonds is 4. The van der Waals surface area contributed by atoms with Gasteiger partial charge in [0.2, 0.25) is 0 Å². The van der Waals surface area contributed by atoms with Gasteiger partial charge in [-0.3, -0.25) is 4.79 Å². The van der Waals surface area contributed by atoms with Gasteiger partial charge in [-0.2, -0.15) is 0 Å². The molecule has 0 saturated carbocycles. The van der Waals surface area contributed by atoms with Crippen LogP contribution in [0.3, 0.4) is 0 Å². The van der Waals surface area contributed by atoms with Crippen molar-refractivity contribution in [1.29, 1.82) is 0 Å². The van der Waals surface area contributed by atoms with E-state index in [0.717, 1.165) is 18.2 Å². The van der Waals surface area contributed by atoms with Gasteiger partial charge in [-0.1, -0.05) is 11.6 Å². The van der Waals surface area contributed by atoms with Crippen molar-refractivity contribution in [1.82, 2.24) is 5.32 Å². The second-order valence-electron chi connectivity index (χ2n) is 4.64. The third kappa shape index (κ3) is 3.80. The van der Waals surface area contributed by atoms with Crippen molar-refractivity contribution >= 4 is 17.5 Å². The van der Waals surface area contributed by atoms with Gasteiger partial charge in [-0.05, 0) is 35.9 Å². The zero-order valence-corrected chi connectivity index (χ0v) is 12.2. The van der Waals surface area contributed by atoms with Crippen molar-refractivity contribution in [2.45, 2.75) is 6.04 Å². The summed E-state index contributed by atoms with van der Waals surface area (Å²) in [6, 6.07) is 3.33. The summed E-state index contributed by atoms with van der Waals surface area (Å²) >= 11 is 5.56. The fraction of sp³-hybridized carbons (Fsp3) is 0.133. The van der Waals surface area contributed by atoms with Gasteiger partial charge in [0.05, 0.1) is 17.7 Å². The smallest absolute Gasteiger partial charge is 0.251 e. The molecular formula is C15H10ClF4NO2. The van der Waals surface area contributed by atoms with E-state index >= 15 is 0 Å². The van der Waals surface area contributed by atoms with Crippen LogP contribution in [0.4, 0.5) is 17.6 Å². The highest BCUT2D eigenvalue weighted by Crippen LogP contribution is 2.21. The minimum Gasteiger partial charge on any atom is -0.394 e. The summed E-state index contributed by atoms with van der Waals surface area (Å²) in [6.45, 7) is -0.689. The molecule has 0 aliphatic carbocycles. The predicted molar refractivity (Wildman–Crippen MR) is 75.0 cm³/mol. The molecule has 2 aromatic rings. The molecule has 1 amide bonds. The molecule has 3 nitrogen and oxygen atoms in total. The van der Waals surface area contributed by atoms with Crippen molar-refractivity contribution in [2.75, 3.05) is 6.61 Å². The molecule has 2 rings (SSSR count). The summed E-state index contributed by atoms with van der Waals surface area (Å²) in [7, 11) is 0. The minimum absolute atomic E-state index is 0.0158. The van der Waals surface area contributed by atoms with Crippen LogP contribution < -0.4 is 5.32 Å². The van der Waals surface area contributed by atoms with Gasteiger partial charge in [0.1, 0.15) is 5.82 Å². The Morgan fingerprint density at radius 3 is 2.22 bits per heavy atom. The number of carbonyl (C=O) groups excluding carboxylic acids is 1. The molecule has 0 aliphatic heterocycles. The predicted octanol–water partition coefficient (Wildman–Crippen LogP) is 3.36. The van der Waals surface area contributed by atoms with Gasteiger partial charge in [0.15, 0.2) is 17.5 Å². The lowest BCUT2D eigenvalue weighted by Gasteiger charge is -2.17. The zero-order chi connectivity index (χ0) is 17.1. The third-order valence-corrected chi connectivity index (χ3v) is 3.37. The average molecular weight is 348 g/mol. The molecule has 122 valence electrons. The van der Waals surface area contributed by atoms with E-state index in [4.69, 9.17) is 11.6 Å². The number of aliphatic hydroxyl groups is 1. The first-order valence-corrected chi connectivity index (χ1v) is 6.72. The Morgan fingerprint density at radius 1 is 1.09 bits per heavy atom. The van der Waals surface area contributed by atoms with E-state index in [-0.39, 0.29) is 16.1 Å². The lowest BCUT2D eigenvalue weighted by atomic mass is 10.1. The molecule has 0 saturated heterocycles. The van der Waals surface area contributed by atoms with Crippen LogP contribution in [0.1, 0.15) is 22.0 Å². The molecule has 0 aromatic heterocycles. The minimum atomic E-state index is -1.65. The Hall–Kier alpha value is -2.12. The Labute approximate surface area is 133 Å². The Kier molecular flexibility index (Phi) is 5.23. The highest BCUT2D eigenvalue weighted by Gasteiger charge is 2.20. The number of halogens is 5. The van der Waals surface area contributed by atoms with Crippen LogP contribution >= 0.6 is 11.6 Å². The van der Waals surface area contributed by atoms with E-state index in [1.807, 2.05) is 0 Å². The molecule has 2 N–H and O–H groups in total. The molecule has 0 fully saturated rings. The second kappa shape index (κ2) is 6.97. The van der Waals surface area contributed by atoms with Crippen molar-refractivity contribution in [3.63, 3.8) is 0 Å². The lowest BCUT2D eigenvalue weighted by Crippen LogP contribution is -2.31. The van der Waals surface area contributed by atoms with E-state index in [9.17, 15) is 27.5 Å². The maximum Gasteiger partial charge on any atom is 0.251 e. The second-order valence-corrected chi connectivity index (χ2v) is 5.04. The number of carbonyl (C=O) groups is 1. The average Bonchev–Trinajstić information content (AvgIpc) is 2.52. The number of benzene rings is 2. The number of nitrogens with one attached hydrogen (secondary N) is 1. The maximum atomic E-state index is 13.2. The normalized spacial score (nSPS) is 12.1. The first kappa shape index (κ1) is 17.2. The van der Waals surface area contributed by atoms with E-state index < -0.39 is 41.8 Å². The van der Waals surface area contributed by atoms with Crippen LogP contribution in [-0.2, 0) is 0 Å². The fourth-order valence-electron chi connectivity index (χ4n) is 1.89. The molecule has 0 aliphatic rings. The van der Waals surface area contributed by atoms with Crippen LogP contribution in [0.5, 0.6) is 0 Å². The van der Waals surface area contributed by atoms with Gasteiger partial charge >= 0.3 is 0 Å². The molecule has 0 heterocycles. The molecular weight excluding hydrogens is 338 g/mol. The first-order valence-electron chi connectivity index (χ1n) is 6.34. The molecule has 23 heavy (non-hydrogen) atoms. The molecule has 0 spiro atoms. The summed E-state index contributed by atoms with van der Waals surface area (Å²) in [5.74, 6) is -6.02. The van der Waals surface area contributed by atoms with E-state index in [1.165, 1.54) is 0 Å². The van der Waals surface area contributed by atoms with Crippen LogP contribution in [0.15, 0.2) is 30.3 Å². The number of aliphatic hydroxyl groups excluding tert-OH is 1. The summed E-state index contributed by atoms with van der Waals surface area (Å²) in [6.07, 6.45) is 0. The van der Waals surface area contributed by atoms with Crippen molar-refractivity contribution < 1.29 is 27.5 Å². The SMILES string of the molecule is O=C(NC(CO)c1cc(F)c(F)c(F)c1)c1ccc(F)c(Cl)c1. The van der Waals surface area contributed by atoms with Crippen LogP contribution in [0.2, 0.25) is 5.02 Å². The van der Waals surface area contributed by atoms with Gasteiger partial charge in [0.25, 0.3) is 5.91 Å². The highest BCUT2D eigenvalue weighted by molar-refractivity contribution is 6.31. The number of hydrogen-bond donors (Lipinski definition) is 2. The molecule has 1 atom stereocenters. The molecule has 0 bridgehead atoms. The van der Waals surface area contributed by atoms with Gasteiger partial charge in [-0.15, -0.1) is 0 Å². The van der Waals surface area contributed by atoms with E-state index in [0.29, 0.717) is 12.1 Å². The maximum absolute atomic E-state index is 13.2. The van der Waals surface area contributed by atoms with Gasteiger partial charge in [0, 0.05) is 5.56 Å². The topological polar surface area (TPSA) is 49.3 Å².